The zero-order chi connectivity index (χ0) is 22.4. The first-order chi connectivity index (χ1) is 15.4. The molecule has 1 aliphatic carbocycles. The topological polar surface area (TPSA) is 69.3 Å². The van der Waals surface area contributed by atoms with E-state index in [1.807, 2.05) is 19.1 Å². The van der Waals surface area contributed by atoms with Gasteiger partial charge in [-0.15, -0.1) is 17.9 Å². The van der Waals surface area contributed by atoms with Crippen molar-refractivity contribution in [3.05, 3.63) is 79.5 Å². The molecule has 0 saturated heterocycles. The lowest BCUT2D eigenvalue weighted by atomic mass is 9.89. The SMILES string of the molecule is C=CCn1c(SCc2cc(=O)n3cc(C)ccc3n2)nc2sc3c(c2c1=O)CCC(C)C3. The molecule has 0 spiro atoms. The molecule has 0 aliphatic heterocycles. The third-order valence-electron chi connectivity index (χ3n) is 5.90. The highest BCUT2D eigenvalue weighted by atomic mass is 32.2. The fourth-order valence-corrected chi connectivity index (χ4v) is 6.60. The van der Waals surface area contributed by atoms with Gasteiger partial charge in [0.15, 0.2) is 5.16 Å². The minimum atomic E-state index is -0.110. The Balaban J connectivity index is 1.54. The molecule has 4 heterocycles. The molecule has 0 radical (unpaired) electrons. The molecule has 164 valence electrons. The number of allylic oxidation sites excluding steroid dienone is 1. The van der Waals surface area contributed by atoms with Gasteiger partial charge in [0, 0.05) is 29.4 Å². The van der Waals surface area contributed by atoms with Crippen LogP contribution in [0.2, 0.25) is 0 Å². The van der Waals surface area contributed by atoms with Crippen LogP contribution in [0, 0.1) is 12.8 Å². The fraction of sp³-hybridized carbons (Fsp3) is 0.333. The quantitative estimate of drug-likeness (QED) is 0.249. The van der Waals surface area contributed by atoms with Crippen LogP contribution in [0.1, 0.15) is 35.0 Å². The summed E-state index contributed by atoms with van der Waals surface area (Å²) in [4.78, 5) is 37.6. The first kappa shape index (κ1) is 21.2. The van der Waals surface area contributed by atoms with Gasteiger partial charge < -0.3 is 0 Å². The van der Waals surface area contributed by atoms with Crippen molar-refractivity contribution < 1.29 is 0 Å². The van der Waals surface area contributed by atoms with E-state index >= 15 is 0 Å². The molecule has 4 aromatic heterocycles. The van der Waals surface area contributed by atoms with Gasteiger partial charge in [0.2, 0.25) is 0 Å². The number of fused-ring (bicyclic) bond motifs is 4. The molecule has 0 aromatic carbocycles. The van der Waals surface area contributed by atoms with Crippen LogP contribution in [0.4, 0.5) is 0 Å². The minimum Gasteiger partial charge on any atom is -0.283 e. The summed E-state index contributed by atoms with van der Waals surface area (Å²) in [6.07, 6.45) is 6.59. The van der Waals surface area contributed by atoms with Gasteiger partial charge in [-0.3, -0.25) is 18.6 Å². The first-order valence-corrected chi connectivity index (χ1v) is 12.5. The molecule has 0 N–H and O–H groups in total. The predicted molar refractivity (Wildman–Crippen MR) is 131 cm³/mol. The maximum Gasteiger partial charge on any atom is 0.263 e. The molecule has 0 bridgehead atoms. The molecule has 1 atom stereocenters. The second kappa shape index (κ2) is 8.33. The molecule has 8 heteroatoms. The Bertz CT molecular complexity index is 1480. The number of rotatable bonds is 5. The molecule has 1 aliphatic rings. The van der Waals surface area contributed by atoms with Crippen LogP contribution < -0.4 is 11.1 Å². The second-order valence-corrected chi connectivity index (χ2v) is 10.5. The minimum absolute atomic E-state index is 0.00599. The largest absolute Gasteiger partial charge is 0.283 e. The van der Waals surface area contributed by atoms with Crippen LogP contribution in [0.15, 0.2) is 51.8 Å². The van der Waals surface area contributed by atoms with Crippen LogP contribution in [0.25, 0.3) is 15.9 Å². The zero-order valence-corrected chi connectivity index (χ0v) is 19.8. The Labute approximate surface area is 193 Å². The summed E-state index contributed by atoms with van der Waals surface area (Å²) in [6.45, 7) is 8.43. The monoisotopic (exact) mass is 464 g/mol. The third-order valence-corrected chi connectivity index (χ3v) is 8.06. The van der Waals surface area contributed by atoms with Gasteiger partial charge in [-0.05, 0) is 49.3 Å². The molecular weight excluding hydrogens is 440 g/mol. The van der Waals surface area contributed by atoms with Crippen LogP contribution in [-0.2, 0) is 25.1 Å². The summed E-state index contributed by atoms with van der Waals surface area (Å²) in [5.74, 6) is 1.10. The smallest absolute Gasteiger partial charge is 0.263 e. The first-order valence-electron chi connectivity index (χ1n) is 10.7. The van der Waals surface area contributed by atoms with Gasteiger partial charge in [-0.25, -0.2) is 9.97 Å². The van der Waals surface area contributed by atoms with E-state index in [0.29, 0.717) is 34.7 Å². The Morgan fingerprint density at radius 2 is 2.16 bits per heavy atom. The number of aromatic nitrogens is 4. The van der Waals surface area contributed by atoms with Crippen LogP contribution >= 0.6 is 23.1 Å². The van der Waals surface area contributed by atoms with Gasteiger partial charge in [-0.1, -0.05) is 30.8 Å². The Morgan fingerprint density at radius 3 is 2.97 bits per heavy atom. The van der Waals surface area contributed by atoms with Gasteiger partial charge in [0.25, 0.3) is 11.1 Å². The summed E-state index contributed by atoms with van der Waals surface area (Å²) in [5, 5.41) is 1.42. The van der Waals surface area contributed by atoms with E-state index in [2.05, 4.69) is 18.5 Å². The Hall–Kier alpha value is -2.71. The van der Waals surface area contributed by atoms with Crippen LogP contribution in [0.3, 0.4) is 0 Å². The van der Waals surface area contributed by atoms with E-state index in [1.165, 1.54) is 22.2 Å². The molecule has 0 saturated carbocycles. The standard InChI is InChI=1S/C24H24N4O2S2/c1-4-9-27-23(30)21-17-7-5-14(2)10-18(17)32-22(21)26-24(27)31-13-16-11-20(29)28-12-15(3)6-8-19(28)25-16/h4,6,8,11-12,14H,1,5,7,9-10,13H2,2-3H3. The van der Waals surface area contributed by atoms with Crippen molar-refractivity contribution in [1.82, 2.24) is 18.9 Å². The summed E-state index contributed by atoms with van der Waals surface area (Å²) in [5.41, 5.74) is 3.37. The number of pyridine rings is 1. The van der Waals surface area contributed by atoms with E-state index < -0.39 is 0 Å². The normalized spacial score (nSPS) is 15.9. The maximum atomic E-state index is 13.4. The maximum absolute atomic E-state index is 13.4. The highest BCUT2D eigenvalue weighted by Crippen LogP contribution is 2.36. The highest BCUT2D eigenvalue weighted by Gasteiger charge is 2.24. The summed E-state index contributed by atoms with van der Waals surface area (Å²) in [6, 6.07) is 5.34. The van der Waals surface area contributed by atoms with Gasteiger partial charge in [-0.2, -0.15) is 0 Å². The summed E-state index contributed by atoms with van der Waals surface area (Å²) >= 11 is 3.09. The van der Waals surface area contributed by atoms with Crippen molar-refractivity contribution in [1.29, 1.82) is 0 Å². The molecule has 6 nitrogen and oxygen atoms in total. The number of thioether (sulfide) groups is 1. The van der Waals surface area contributed by atoms with E-state index in [9.17, 15) is 9.59 Å². The van der Waals surface area contributed by atoms with E-state index in [1.54, 1.807) is 38.6 Å². The van der Waals surface area contributed by atoms with Crippen molar-refractivity contribution in [2.24, 2.45) is 5.92 Å². The van der Waals surface area contributed by atoms with Gasteiger partial charge in [0.05, 0.1) is 11.1 Å². The van der Waals surface area contributed by atoms with Crippen molar-refractivity contribution in [2.75, 3.05) is 0 Å². The van der Waals surface area contributed by atoms with Crippen molar-refractivity contribution in [2.45, 2.75) is 50.6 Å². The summed E-state index contributed by atoms with van der Waals surface area (Å²) in [7, 11) is 0. The molecular formula is C24H24N4O2S2. The van der Waals surface area contributed by atoms with Gasteiger partial charge >= 0.3 is 0 Å². The Kier molecular flexibility index (Phi) is 5.51. The second-order valence-electron chi connectivity index (χ2n) is 8.44. The molecule has 0 amide bonds. The number of thiophene rings is 1. The molecule has 4 aromatic rings. The molecule has 32 heavy (non-hydrogen) atoms. The average Bonchev–Trinajstić information content (AvgIpc) is 3.12. The highest BCUT2D eigenvalue weighted by molar-refractivity contribution is 7.98. The molecule has 5 rings (SSSR count). The van der Waals surface area contributed by atoms with Crippen molar-refractivity contribution >= 4 is 39.0 Å². The number of hydrogen-bond acceptors (Lipinski definition) is 6. The van der Waals surface area contributed by atoms with E-state index in [0.717, 1.165) is 35.0 Å². The van der Waals surface area contributed by atoms with Crippen LogP contribution in [-0.4, -0.2) is 18.9 Å². The van der Waals surface area contributed by atoms with Crippen LogP contribution in [0.5, 0.6) is 0 Å². The number of aryl methyl sites for hydroxylation is 2. The van der Waals surface area contributed by atoms with Crippen molar-refractivity contribution in [3.63, 3.8) is 0 Å². The lowest BCUT2D eigenvalue weighted by Gasteiger charge is -2.17. The Morgan fingerprint density at radius 1 is 1.31 bits per heavy atom. The number of hydrogen-bond donors (Lipinski definition) is 0. The third kappa shape index (κ3) is 3.71. The molecule has 0 fully saturated rings. The fourth-order valence-electron chi connectivity index (χ4n) is 4.28. The van der Waals surface area contributed by atoms with Gasteiger partial charge in [0.1, 0.15) is 10.5 Å². The zero-order valence-electron chi connectivity index (χ0n) is 18.1. The summed E-state index contributed by atoms with van der Waals surface area (Å²) < 4.78 is 3.25. The van der Waals surface area contributed by atoms with E-state index in [4.69, 9.17) is 4.98 Å². The predicted octanol–water partition coefficient (Wildman–Crippen LogP) is 4.38. The number of nitrogens with zero attached hydrogens (tertiary/aromatic N) is 4. The average molecular weight is 465 g/mol. The lowest BCUT2D eigenvalue weighted by Crippen LogP contribution is -2.23. The lowest BCUT2D eigenvalue weighted by molar-refractivity contribution is 0.509. The van der Waals surface area contributed by atoms with E-state index in [-0.39, 0.29) is 11.1 Å². The van der Waals surface area contributed by atoms with Crippen molar-refractivity contribution in [3.8, 4) is 0 Å². The molecule has 1 unspecified atom stereocenters.